The molecule has 0 spiro atoms. The van der Waals surface area contributed by atoms with E-state index in [0.29, 0.717) is 24.4 Å². The summed E-state index contributed by atoms with van der Waals surface area (Å²) in [7, 11) is 1.99. The molecule has 1 N–H and O–H groups in total. The maximum Gasteiger partial charge on any atom is 0.193 e. The van der Waals surface area contributed by atoms with Crippen LogP contribution in [0.1, 0.15) is 18.9 Å². The predicted octanol–water partition coefficient (Wildman–Crippen LogP) is 3.06. The molecule has 1 saturated heterocycles. The van der Waals surface area contributed by atoms with Crippen LogP contribution in [0.3, 0.4) is 0 Å². The van der Waals surface area contributed by atoms with Gasteiger partial charge in [-0.2, -0.15) is 0 Å². The van der Waals surface area contributed by atoms with Crippen LogP contribution in [0.5, 0.6) is 0 Å². The Morgan fingerprint density at radius 3 is 2.88 bits per heavy atom. The summed E-state index contributed by atoms with van der Waals surface area (Å²) in [6, 6.07) is 4.25. The van der Waals surface area contributed by atoms with Gasteiger partial charge in [0.05, 0.1) is 6.61 Å². The van der Waals surface area contributed by atoms with Crippen LogP contribution in [0.15, 0.2) is 23.2 Å². The Balaban J connectivity index is 0.00000288. The third kappa shape index (κ3) is 6.16. The van der Waals surface area contributed by atoms with E-state index >= 15 is 0 Å². The molecule has 4 nitrogen and oxygen atoms in total. The van der Waals surface area contributed by atoms with Crippen LogP contribution in [0.2, 0.25) is 0 Å². The summed E-state index contributed by atoms with van der Waals surface area (Å²) >= 11 is 0. The second-order valence-electron chi connectivity index (χ2n) is 5.81. The van der Waals surface area contributed by atoms with E-state index in [1.165, 1.54) is 6.07 Å². The molecule has 0 saturated carbocycles. The number of ether oxygens (including phenoxy) is 1. The molecule has 24 heavy (non-hydrogen) atoms. The Labute approximate surface area is 159 Å². The van der Waals surface area contributed by atoms with Crippen LogP contribution in [0, 0.1) is 17.6 Å². The average molecular weight is 453 g/mol. The lowest BCUT2D eigenvalue weighted by atomic mass is 10.1. The molecule has 1 aromatic rings. The minimum absolute atomic E-state index is 0. The first-order valence-corrected chi connectivity index (χ1v) is 8.12. The number of hydrogen-bond acceptors (Lipinski definition) is 2. The van der Waals surface area contributed by atoms with Crippen molar-refractivity contribution < 1.29 is 13.5 Å². The number of guanidine groups is 1. The van der Waals surface area contributed by atoms with Crippen molar-refractivity contribution in [3.05, 3.63) is 35.4 Å². The number of hydrogen-bond donors (Lipinski definition) is 1. The van der Waals surface area contributed by atoms with Gasteiger partial charge in [0.1, 0.15) is 0 Å². The fraction of sp³-hybridized carbons (Fsp3) is 0.588. The van der Waals surface area contributed by atoms with Gasteiger partial charge in [0.25, 0.3) is 0 Å². The summed E-state index contributed by atoms with van der Waals surface area (Å²) < 4.78 is 32.2. The predicted molar refractivity (Wildman–Crippen MR) is 103 cm³/mol. The molecule has 1 fully saturated rings. The van der Waals surface area contributed by atoms with Gasteiger partial charge in [0, 0.05) is 39.2 Å². The first-order valence-electron chi connectivity index (χ1n) is 8.12. The van der Waals surface area contributed by atoms with Crippen LogP contribution < -0.4 is 5.32 Å². The smallest absolute Gasteiger partial charge is 0.193 e. The first-order chi connectivity index (χ1) is 11.1. The fourth-order valence-electron chi connectivity index (χ4n) is 2.69. The van der Waals surface area contributed by atoms with Gasteiger partial charge in [-0.15, -0.1) is 24.0 Å². The number of aliphatic imine (C=N–C) groups is 1. The molecule has 136 valence electrons. The molecular weight excluding hydrogens is 427 g/mol. The zero-order valence-corrected chi connectivity index (χ0v) is 16.6. The third-order valence-electron chi connectivity index (χ3n) is 3.93. The summed E-state index contributed by atoms with van der Waals surface area (Å²) in [6.07, 6.45) is 1.44. The Kier molecular flexibility index (Phi) is 9.50. The molecule has 0 aromatic heterocycles. The highest BCUT2D eigenvalue weighted by Gasteiger charge is 2.19. The van der Waals surface area contributed by atoms with E-state index in [-0.39, 0.29) is 24.0 Å². The molecule has 1 aliphatic rings. The van der Waals surface area contributed by atoms with Gasteiger partial charge in [0.15, 0.2) is 17.6 Å². The van der Waals surface area contributed by atoms with E-state index < -0.39 is 11.6 Å². The van der Waals surface area contributed by atoms with E-state index in [1.54, 1.807) is 6.07 Å². The molecule has 2 rings (SSSR count). The van der Waals surface area contributed by atoms with Gasteiger partial charge in [0.2, 0.25) is 0 Å². The summed E-state index contributed by atoms with van der Waals surface area (Å²) in [5.41, 5.74) is 0.358. The Morgan fingerprint density at radius 1 is 1.42 bits per heavy atom. The van der Waals surface area contributed by atoms with E-state index in [2.05, 4.69) is 15.2 Å². The second-order valence-corrected chi connectivity index (χ2v) is 5.81. The van der Waals surface area contributed by atoms with Gasteiger partial charge < -0.3 is 15.0 Å². The number of benzene rings is 1. The first kappa shape index (κ1) is 21.1. The van der Waals surface area contributed by atoms with Gasteiger partial charge in [-0.1, -0.05) is 12.1 Å². The lowest BCUT2D eigenvalue weighted by Crippen LogP contribution is -2.41. The maximum atomic E-state index is 13.6. The summed E-state index contributed by atoms with van der Waals surface area (Å²) in [6.45, 7) is 5.67. The van der Waals surface area contributed by atoms with E-state index in [0.717, 1.165) is 44.8 Å². The number of rotatable bonds is 6. The largest absolute Gasteiger partial charge is 0.381 e. The lowest BCUT2D eigenvalue weighted by molar-refractivity contribution is 0.181. The monoisotopic (exact) mass is 453 g/mol. The van der Waals surface area contributed by atoms with Crippen LogP contribution in [-0.2, 0) is 11.2 Å². The van der Waals surface area contributed by atoms with Gasteiger partial charge >= 0.3 is 0 Å². The second kappa shape index (κ2) is 10.8. The summed E-state index contributed by atoms with van der Waals surface area (Å²) in [5, 5.41) is 3.24. The minimum atomic E-state index is -0.809. The van der Waals surface area contributed by atoms with Crippen molar-refractivity contribution in [2.75, 3.05) is 39.9 Å². The van der Waals surface area contributed by atoms with Crippen molar-refractivity contribution in [1.82, 2.24) is 10.2 Å². The molecule has 1 heterocycles. The van der Waals surface area contributed by atoms with Crippen molar-refractivity contribution in [2.24, 2.45) is 10.9 Å². The highest BCUT2D eigenvalue weighted by Crippen LogP contribution is 2.14. The standard InChI is InChI=1S/C17H25F2N3O.HI/c1-3-20-17(22(2)11-13-8-10-23-12-13)21-9-7-14-5-4-6-15(18)16(14)19;/h4-6,13H,3,7-12H2,1-2H3,(H,20,21);1H. The van der Waals surface area contributed by atoms with Crippen molar-refractivity contribution in [2.45, 2.75) is 19.8 Å². The molecule has 1 aromatic carbocycles. The lowest BCUT2D eigenvalue weighted by Gasteiger charge is -2.24. The van der Waals surface area contributed by atoms with Crippen LogP contribution in [-0.4, -0.2) is 50.8 Å². The third-order valence-corrected chi connectivity index (χ3v) is 3.93. The number of nitrogens with zero attached hydrogens (tertiary/aromatic N) is 2. The summed E-state index contributed by atoms with van der Waals surface area (Å²) in [4.78, 5) is 6.60. The Hall–Kier alpha value is -0.960. The molecule has 0 aliphatic carbocycles. The maximum absolute atomic E-state index is 13.6. The molecule has 0 bridgehead atoms. The minimum Gasteiger partial charge on any atom is -0.381 e. The Morgan fingerprint density at radius 2 is 2.21 bits per heavy atom. The molecule has 0 radical (unpaired) electrons. The van der Waals surface area contributed by atoms with E-state index in [1.807, 2.05) is 14.0 Å². The average Bonchev–Trinajstić information content (AvgIpc) is 3.03. The van der Waals surface area contributed by atoms with Crippen molar-refractivity contribution in [3.8, 4) is 0 Å². The van der Waals surface area contributed by atoms with Crippen molar-refractivity contribution in [3.63, 3.8) is 0 Å². The SMILES string of the molecule is CCNC(=NCCc1cccc(F)c1F)N(C)CC1CCOC1.I. The highest BCUT2D eigenvalue weighted by molar-refractivity contribution is 14.0. The molecule has 1 aliphatic heterocycles. The van der Waals surface area contributed by atoms with E-state index in [4.69, 9.17) is 4.74 Å². The van der Waals surface area contributed by atoms with Gasteiger partial charge in [-0.05, 0) is 31.4 Å². The molecule has 7 heteroatoms. The molecule has 1 unspecified atom stereocenters. The van der Waals surface area contributed by atoms with Crippen LogP contribution in [0.25, 0.3) is 0 Å². The fourth-order valence-corrected chi connectivity index (χ4v) is 2.69. The van der Waals surface area contributed by atoms with Crippen LogP contribution in [0.4, 0.5) is 8.78 Å². The Bertz CT molecular complexity index is 537. The van der Waals surface area contributed by atoms with Crippen LogP contribution >= 0.6 is 24.0 Å². The van der Waals surface area contributed by atoms with Crippen molar-refractivity contribution in [1.29, 1.82) is 0 Å². The molecular formula is C17H26F2IN3O. The quantitative estimate of drug-likeness (QED) is 0.409. The zero-order valence-electron chi connectivity index (χ0n) is 14.2. The molecule has 0 amide bonds. The highest BCUT2D eigenvalue weighted by atomic mass is 127. The number of nitrogens with one attached hydrogen (secondary N) is 1. The van der Waals surface area contributed by atoms with Gasteiger partial charge in [-0.25, -0.2) is 8.78 Å². The normalized spacial score (nSPS) is 17.5. The zero-order chi connectivity index (χ0) is 16.7. The van der Waals surface area contributed by atoms with Gasteiger partial charge in [-0.3, -0.25) is 4.99 Å². The number of halogens is 3. The molecule has 1 atom stereocenters. The van der Waals surface area contributed by atoms with E-state index in [9.17, 15) is 8.78 Å². The summed E-state index contributed by atoms with van der Waals surface area (Å²) in [5.74, 6) is -0.276. The van der Waals surface area contributed by atoms with Crippen molar-refractivity contribution >= 4 is 29.9 Å². The topological polar surface area (TPSA) is 36.9 Å².